The van der Waals surface area contributed by atoms with Crippen LogP contribution in [0.4, 0.5) is 0 Å². The summed E-state index contributed by atoms with van der Waals surface area (Å²) >= 11 is 0. The highest BCUT2D eigenvalue weighted by molar-refractivity contribution is 6.22. The van der Waals surface area contributed by atoms with Crippen molar-refractivity contribution in [2.24, 2.45) is 0 Å². The Morgan fingerprint density at radius 2 is 0.978 bits per heavy atom. The molecule has 8 aromatic rings. The Morgan fingerprint density at radius 1 is 0.444 bits per heavy atom. The lowest BCUT2D eigenvalue weighted by molar-refractivity contribution is 0.855. The summed E-state index contributed by atoms with van der Waals surface area (Å²) in [6.45, 7) is 0.813. The molecule has 0 atom stereocenters. The highest BCUT2D eigenvalue weighted by Crippen LogP contribution is 2.45. The fourth-order valence-electron chi connectivity index (χ4n) is 7.26. The molecule has 0 aliphatic carbocycles. The largest absolute Gasteiger partial charge is 0.387 e. The van der Waals surface area contributed by atoms with E-state index in [1.54, 1.807) is 0 Å². The number of fused-ring (bicyclic) bond motifs is 5. The molecule has 9 rings (SSSR count). The van der Waals surface area contributed by atoms with Crippen LogP contribution < -0.4 is 5.32 Å². The van der Waals surface area contributed by atoms with Gasteiger partial charge in [-0.25, -0.2) is 0 Å². The average Bonchev–Trinajstić information content (AvgIpc) is 3.45. The van der Waals surface area contributed by atoms with Crippen LogP contribution in [0.3, 0.4) is 0 Å². The second-order valence-electron chi connectivity index (χ2n) is 11.8. The molecule has 212 valence electrons. The molecule has 0 amide bonds. The fourth-order valence-corrected chi connectivity index (χ4v) is 7.26. The SMILES string of the molecule is C1=Cc2c(c3cc(-c4ccc5c(-c6ccccc6)c6ccccc6c(-c6ccccc6)c5c4)ccc3n2-c2ccccc2)CN1. The van der Waals surface area contributed by atoms with Crippen LogP contribution in [0.25, 0.3) is 77.6 Å². The zero-order valence-electron chi connectivity index (χ0n) is 24.7. The van der Waals surface area contributed by atoms with Crippen LogP contribution in [0, 0.1) is 0 Å². The first kappa shape index (κ1) is 25.6. The Bertz CT molecular complexity index is 2400. The minimum atomic E-state index is 0.813. The van der Waals surface area contributed by atoms with Gasteiger partial charge in [-0.2, -0.15) is 0 Å². The average molecular weight is 575 g/mol. The number of hydrogen-bond donors (Lipinski definition) is 1. The van der Waals surface area contributed by atoms with E-state index in [4.69, 9.17) is 0 Å². The molecule has 0 fully saturated rings. The van der Waals surface area contributed by atoms with E-state index in [-0.39, 0.29) is 0 Å². The number of nitrogens with zero attached hydrogens (tertiary/aromatic N) is 1. The van der Waals surface area contributed by atoms with Crippen LogP contribution in [0.15, 0.2) is 158 Å². The van der Waals surface area contributed by atoms with Crippen LogP contribution in [0.5, 0.6) is 0 Å². The third kappa shape index (κ3) is 4.11. The third-order valence-electron chi connectivity index (χ3n) is 9.25. The van der Waals surface area contributed by atoms with E-state index in [1.165, 1.54) is 82.8 Å². The van der Waals surface area contributed by atoms with Gasteiger partial charge in [-0.1, -0.05) is 121 Å². The van der Waals surface area contributed by atoms with Gasteiger partial charge in [-0.05, 0) is 97.5 Å². The van der Waals surface area contributed by atoms with Gasteiger partial charge in [-0.15, -0.1) is 0 Å². The lowest BCUT2D eigenvalue weighted by Gasteiger charge is -2.18. The first-order chi connectivity index (χ1) is 22.3. The molecule has 1 aromatic heterocycles. The van der Waals surface area contributed by atoms with Gasteiger partial charge < -0.3 is 9.88 Å². The molecule has 0 spiro atoms. The molecule has 0 unspecified atom stereocenters. The number of benzene rings is 7. The Morgan fingerprint density at radius 3 is 1.64 bits per heavy atom. The van der Waals surface area contributed by atoms with Gasteiger partial charge in [0.05, 0.1) is 11.2 Å². The zero-order chi connectivity index (χ0) is 29.7. The van der Waals surface area contributed by atoms with Crippen molar-refractivity contribution < 1.29 is 0 Å². The van der Waals surface area contributed by atoms with Crippen molar-refractivity contribution in [2.75, 3.05) is 0 Å². The highest BCUT2D eigenvalue weighted by Gasteiger charge is 2.20. The summed E-state index contributed by atoms with van der Waals surface area (Å²) in [5, 5.41) is 9.83. The van der Waals surface area contributed by atoms with Gasteiger partial charge in [-0.3, -0.25) is 0 Å². The Labute approximate surface area is 262 Å². The topological polar surface area (TPSA) is 17.0 Å². The number of aromatic nitrogens is 1. The van der Waals surface area contributed by atoms with E-state index in [2.05, 4.69) is 174 Å². The van der Waals surface area contributed by atoms with Crippen LogP contribution in [0.1, 0.15) is 11.3 Å². The van der Waals surface area contributed by atoms with Crippen molar-refractivity contribution in [3.8, 4) is 39.1 Å². The summed E-state index contributed by atoms with van der Waals surface area (Å²) < 4.78 is 2.39. The first-order valence-corrected chi connectivity index (χ1v) is 15.6. The highest BCUT2D eigenvalue weighted by atomic mass is 15.0. The van der Waals surface area contributed by atoms with Crippen LogP contribution in [-0.4, -0.2) is 4.57 Å². The van der Waals surface area contributed by atoms with Crippen LogP contribution in [0.2, 0.25) is 0 Å². The summed E-state index contributed by atoms with van der Waals surface area (Å²) in [5.41, 5.74) is 12.5. The maximum absolute atomic E-state index is 3.45. The van der Waals surface area contributed by atoms with Gasteiger partial charge in [0.15, 0.2) is 0 Å². The van der Waals surface area contributed by atoms with Crippen molar-refractivity contribution in [1.82, 2.24) is 9.88 Å². The molecule has 2 heterocycles. The van der Waals surface area contributed by atoms with E-state index >= 15 is 0 Å². The standard InChI is InChI=1S/C43H30N2/c1-4-12-29(13-5-1)42-34-18-10-11-19-35(34)43(30-14-6-2-7-15-30)38-27-31(20-22-36(38)42)32-21-23-40-37(26-32)39-28-44-25-24-41(39)45(40)33-16-8-3-9-17-33/h1-27,44H,28H2. The normalized spacial score (nSPS) is 12.4. The molecule has 45 heavy (non-hydrogen) atoms. The molecule has 0 radical (unpaired) electrons. The number of nitrogens with one attached hydrogen (secondary N) is 1. The van der Waals surface area contributed by atoms with E-state index in [0.717, 1.165) is 6.54 Å². The molecule has 1 N–H and O–H groups in total. The lowest BCUT2D eigenvalue weighted by atomic mass is 9.85. The second-order valence-corrected chi connectivity index (χ2v) is 11.8. The Hall–Kier alpha value is -5.86. The predicted octanol–water partition coefficient (Wildman–Crippen LogP) is 11.0. The van der Waals surface area contributed by atoms with Gasteiger partial charge in [0.1, 0.15) is 0 Å². The van der Waals surface area contributed by atoms with Gasteiger partial charge in [0.2, 0.25) is 0 Å². The Balaban J connectivity index is 1.32. The van der Waals surface area contributed by atoms with Crippen LogP contribution in [-0.2, 0) is 6.54 Å². The fraction of sp³-hybridized carbons (Fsp3) is 0.0233. The quantitative estimate of drug-likeness (QED) is 0.207. The summed E-state index contributed by atoms with van der Waals surface area (Å²) in [6.07, 6.45) is 4.26. The molecule has 0 saturated carbocycles. The summed E-state index contributed by atoms with van der Waals surface area (Å²) in [6, 6.07) is 55.2. The molecule has 2 nitrogen and oxygen atoms in total. The number of rotatable bonds is 4. The molecule has 1 aliphatic rings. The third-order valence-corrected chi connectivity index (χ3v) is 9.25. The minimum absolute atomic E-state index is 0.813. The van der Waals surface area contributed by atoms with Crippen molar-refractivity contribution >= 4 is 38.5 Å². The summed E-state index contributed by atoms with van der Waals surface area (Å²) in [4.78, 5) is 0. The van der Waals surface area contributed by atoms with Gasteiger partial charge in [0.25, 0.3) is 0 Å². The van der Waals surface area contributed by atoms with E-state index < -0.39 is 0 Å². The van der Waals surface area contributed by atoms with Gasteiger partial charge >= 0.3 is 0 Å². The number of hydrogen-bond acceptors (Lipinski definition) is 1. The molecular formula is C43H30N2. The predicted molar refractivity (Wildman–Crippen MR) is 190 cm³/mol. The molecule has 2 heteroatoms. The molecular weight excluding hydrogens is 544 g/mol. The summed E-state index contributed by atoms with van der Waals surface area (Å²) in [5.74, 6) is 0. The number of para-hydroxylation sites is 1. The first-order valence-electron chi connectivity index (χ1n) is 15.6. The monoisotopic (exact) mass is 574 g/mol. The lowest BCUT2D eigenvalue weighted by Crippen LogP contribution is -2.10. The molecule has 0 bridgehead atoms. The van der Waals surface area contributed by atoms with E-state index in [9.17, 15) is 0 Å². The van der Waals surface area contributed by atoms with Crippen molar-refractivity contribution in [3.05, 3.63) is 169 Å². The van der Waals surface area contributed by atoms with E-state index in [0.29, 0.717) is 0 Å². The molecule has 7 aromatic carbocycles. The molecule has 0 saturated heterocycles. The maximum atomic E-state index is 3.45. The summed E-state index contributed by atoms with van der Waals surface area (Å²) in [7, 11) is 0. The van der Waals surface area contributed by atoms with Gasteiger partial charge in [0, 0.05) is 23.2 Å². The van der Waals surface area contributed by atoms with Crippen molar-refractivity contribution in [1.29, 1.82) is 0 Å². The van der Waals surface area contributed by atoms with Crippen molar-refractivity contribution in [2.45, 2.75) is 6.54 Å². The zero-order valence-corrected chi connectivity index (χ0v) is 24.7. The molecule has 1 aliphatic heterocycles. The van der Waals surface area contributed by atoms with Crippen molar-refractivity contribution in [3.63, 3.8) is 0 Å². The van der Waals surface area contributed by atoms with E-state index in [1.807, 2.05) is 0 Å². The Kier molecular flexibility index (Phi) is 5.92. The minimum Gasteiger partial charge on any atom is -0.387 e. The second kappa shape index (κ2) is 10.4. The maximum Gasteiger partial charge on any atom is 0.0538 e. The smallest absolute Gasteiger partial charge is 0.0538 e. The van der Waals surface area contributed by atoms with Crippen LogP contribution >= 0.6 is 0 Å².